The summed E-state index contributed by atoms with van der Waals surface area (Å²) in [7, 11) is 0. The normalized spacial score (nSPS) is 12.3. The minimum atomic E-state index is -0.629. The second kappa shape index (κ2) is 7.19. The molecule has 112 valence electrons. The summed E-state index contributed by atoms with van der Waals surface area (Å²) in [4.78, 5) is 0. The summed E-state index contributed by atoms with van der Waals surface area (Å²) in [6.45, 7) is 2.33. The molecule has 0 fully saturated rings. The maximum absolute atomic E-state index is 13.4. The highest BCUT2D eigenvalue weighted by Gasteiger charge is 2.20. The van der Waals surface area contributed by atoms with Crippen LogP contribution < -0.4 is 4.74 Å². The van der Waals surface area contributed by atoms with Crippen molar-refractivity contribution < 1.29 is 9.13 Å². The van der Waals surface area contributed by atoms with E-state index in [-0.39, 0.29) is 5.82 Å². The number of halogens is 5. The Balaban J connectivity index is 2.46. The second-order valence-corrected chi connectivity index (χ2v) is 6.37. The van der Waals surface area contributed by atoms with Crippen LogP contribution in [0.3, 0.4) is 0 Å². The number of hydrogen-bond acceptors (Lipinski definition) is 1. The third kappa shape index (κ3) is 3.84. The molecule has 0 N–H and O–H groups in total. The molecule has 1 nitrogen and oxygen atoms in total. The second-order valence-electron chi connectivity index (χ2n) is 4.27. The van der Waals surface area contributed by atoms with Crippen molar-refractivity contribution in [1.29, 1.82) is 0 Å². The Morgan fingerprint density at radius 3 is 2.52 bits per heavy atom. The summed E-state index contributed by atoms with van der Waals surface area (Å²) in [5.74, 6) is 0.127. The zero-order valence-corrected chi connectivity index (χ0v) is 14.8. The first-order valence-corrected chi connectivity index (χ1v) is 8.13. The number of hydrogen-bond donors (Lipinski definition) is 0. The molecule has 0 heterocycles. The van der Waals surface area contributed by atoms with Crippen LogP contribution in [0.4, 0.5) is 4.39 Å². The lowest BCUT2D eigenvalue weighted by molar-refractivity contribution is 0.340. The molecule has 21 heavy (non-hydrogen) atoms. The van der Waals surface area contributed by atoms with E-state index in [0.29, 0.717) is 38.0 Å². The fourth-order valence-electron chi connectivity index (χ4n) is 1.88. The maximum atomic E-state index is 13.4. The molecular formula is C15H11BrCl3FO. The van der Waals surface area contributed by atoms with Crippen molar-refractivity contribution in [3.63, 3.8) is 0 Å². The van der Waals surface area contributed by atoms with Crippen LogP contribution in [0.15, 0.2) is 34.8 Å². The zero-order valence-electron chi connectivity index (χ0n) is 11.0. The van der Waals surface area contributed by atoms with E-state index >= 15 is 0 Å². The Morgan fingerprint density at radius 2 is 1.86 bits per heavy atom. The van der Waals surface area contributed by atoms with Crippen LogP contribution in [0, 0.1) is 5.82 Å². The van der Waals surface area contributed by atoms with Gasteiger partial charge in [-0.2, -0.15) is 0 Å². The molecule has 0 aliphatic rings. The van der Waals surface area contributed by atoms with Crippen LogP contribution in [0.2, 0.25) is 10.0 Å². The molecule has 0 amide bonds. The SMILES string of the molecule is CCOc1cc(Cl)c(C(Cl)c2cc(F)ccc2Br)cc1Cl. The predicted molar refractivity (Wildman–Crippen MR) is 89.4 cm³/mol. The van der Waals surface area contributed by atoms with E-state index in [1.54, 1.807) is 18.2 Å². The molecule has 0 aromatic heterocycles. The Bertz CT molecular complexity index is 664. The van der Waals surface area contributed by atoms with Gasteiger partial charge in [0.25, 0.3) is 0 Å². The van der Waals surface area contributed by atoms with Crippen molar-refractivity contribution in [1.82, 2.24) is 0 Å². The van der Waals surface area contributed by atoms with Gasteiger partial charge in [-0.15, -0.1) is 11.6 Å². The van der Waals surface area contributed by atoms with Gasteiger partial charge in [-0.05, 0) is 42.3 Å². The first-order valence-electron chi connectivity index (χ1n) is 6.14. The Hall–Kier alpha value is -0.480. The molecule has 0 aliphatic heterocycles. The quantitative estimate of drug-likeness (QED) is 0.513. The molecular weight excluding hydrogens is 401 g/mol. The Kier molecular flexibility index (Phi) is 5.78. The minimum absolute atomic E-state index is 0.369. The van der Waals surface area contributed by atoms with Crippen LogP contribution in [0.5, 0.6) is 5.75 Å². The Labute approximate surface area is 146 Å². The van der Waals surface area contributed by atoms with Crippen molar-refractivity contribution in [2.75, 3.05) is 6.61 Å². The zero-order chi connectivity index (χ0) is 15.6. The molecule has 1 atom stereocenters. The van der Waals surface area contributed by atoms with Crippen molar-refractivity contribution in [3.05, 3.63) is 61.8 Å². The number of ether oxygens (including phenoxy) is 1. The van der Waals surface area contributed by atoms with Gasteiger partial charge in [-0.3, -0.25) is 0 Å². The molecule has 0 saturated carbocycles. The lowest BCUT2D eigenvalue weighted by Gasteiger charge is -2.16. The number of benzene rings is 2. The van der Waals surface area contributed by atoms with E-state index < -0.39 is 5.38 Å². The number of rotatable bonds is 4. The highest BCUT2D eigenvalue weighted by atomic mass is 79.9. The van der Waals surface area contributed by atoms with E-state index in [1.165, 1.54) is 12.1 Å². The average Bonchev–Trinajstić information content (AvgIpc) is 2.44. The summed E-state index contributed by atoms with van der Waals surface area (Å²) >= 11 is 22.2. The summed E-state index contributed by atoms with van der Waals surface area (Å²) < 4.78 is 19.5. The van der Waals surface area contributed by atoms with Gasteiger partial charge in [0, 0.05) is 15.6 Å². The van der Waals surface area contributed by atoms with Gasteiger partial charge in [0.05, 0.1) is 17.0 Å². The lowest BCUT2D eigenvalue weighted by atomic mass is 10.0. The first kappa shape index (κ1) is 16.9. The van der Waals surface area contributed by atoms with E-state index in [1.807, 2.05) is 6.92 Å². The summed E-state index contributed by atoms with van der Waals surface area (Å²) in [5.41, 5.74) is 1.18. The fraction of sp³-hybridized carbons (Fsp3) is 0.200. The molecule has 2 rings (SSSR count). The third-order valence-corrected chi connectivity index (χ3v) is 4.67. The van der Waals surface area contributed by atoms with Crippen molar-refractivity contribution in [2.24, 2.45) is 0 Å². The van der Waals surface area contributed by atoms with Crippen molar-refractivity contribution in [2.45, 2.75) is 12.3 Å². The lowest BCUT2D eigenvalue weighted by Crippen LogP contribution is -1.99. The van der Waals surface area contributed by atoms with Gasteiger partial charge in [0.2, 0.25) is 0 Å². The molecule has 0 bridgehead atoms. The number of alkyl halides is 1. The highest BCUT2D eigenvalue weighted by Crippen LogP contribution is 2.41. The van der Waals surface area contributed by atoms with Gasteiger partial charge in [-0.25, -0.2) is 4.39 Å². The predicted octanol–water partition coefficient (Wildman–Crippen LogP) is 6.62. The van der Waals surface area contributed by atoms with Crippen LogP contribution in [-0.2, 0) is 0 Å². The first-order chi connectivity index (χ1) is 9.93. The average molecular weight is 413 g/mol. The standard InChI is InChI=1S/C15H11BrCl3FO/c1-2-21-14-7-12(17)10(6-13(14)18)15(19)9-5-8(20)3-4-11(9)16/h3-7,15H,2H2,1H3. The minimum Gasteiger partial charge on any atom is -0.492 e. The summed E-state index contributed by atoms with van der Waals surface area (Å²) in [5, 5.41) is 0.198. The van der Waals surface area contributed by atoms with Gasteiger partial charge in [0.15, 0.2) is 0 Å². The largest absolute Gasteiger partial charge is 0.492 e. The van der Waals surface area contributed by atoms with Crippen molar-refractivity contribution >= 4 is 50.7 Å². The summed E-state index contributed by atoms with van der Waals surface area (Å²) in [6, 6.07) is 7.58. The molecule has 0 radical (unpaired) electrons. The van der Waals surface area contributed by atoms with Crippen molar-refractivity contribution in [3.8, 4) is 5.75 Å². The molecule has 2 aromatic carbocycles. The van der Waals surface area contributed by atoms with Gasteiger partial charge in [0.1, 0.15) is 11.6 Å². The van der Waals surface area contributed by atoms with Crippen LogP contribution in [0.1, 0.15) is 23.4 Å². The van der Waals surface area contributed by atoms with Gasteiger partial charge >= 0.3 is 0 Å². The molecule has 2 aromatic rings. The van der Waals surface area contributed by atoms with Gasteiger partial charge < -0.3 is 4.74 Å². The van der Waals surface area contributed by atoms with Crippen LogP contribution in [-0.4, -0.2) is 6.61 Å². The topological polar surface area (TPSA) is 9.23 Å². The fourth-order valence-corrected chi connectivity index (χ4v) is 3.39. The molecule has 6 heteroatoms. The van der Waals surface area contributed by atoms with E-state index in [4.69, 9.17) is 39.5 Å². The van der Waals surface area contributed by atoms with E-state index in [2.05, 4.69) is 15.9 Å². The molecule has 0 spiro atoms. The molecule has 1 unspecified atom stereocenters. The third-order valence-electron chi connectivity index (χ3n) is 2.86. The van der Waals surface area contributed by atoms with Crippen LogP contribution >= 0.6 is 50.7 Å². The smallest absolute Gasteiger partial charge is 0.139 e. The van der Waals surface area contributed by atoms with Crippen LogP contribution in [0.25, 0.3) is 0 Å². The highest BCUT2D eigenvalue weighted by molar-refractivity contribution is 9.10. The molecule has 0 saturated heterocycles. The maximum Gasteiger partial charge on any atom is 0.139 e. The Morgan fingerprint density at radius 1 is 1.14 bits per heavy atom. The van der Waals surface area contributed by atoms with Gasteiger partial charge in [-0.1, -0.05) is 39.1 Å². The summed E-state index contributed by atoms with van der Waals surface area (Å²) in [6.07, 6.45) is 0. The van der Waals surface area contributed by atoms with E-state index in [9.17, 15) is 4.39 Å². The monoisotopic (exact) mass is 410 g/mol. The molecule has 0 aliphatic carbocycles. The van der Waals surface area contributed by atoms with E-state index in [0.717, 1.165) is 0 Å².